The zero-order valence-electron chi connectivity index (χ0n) is 23.4. The first kappa shape index (κ1) is 31.9. The highest BCUT2D eigenvalue weighted by atomic mass is 16.7. The van der Waals surface area contributed by atoms with Crippen molar-refractivity contribution in [2.75, 3.05) is 20.3 Å². The monoisotopic (exact) mass is 592 g/mol. The van der Waals surface area contributed by atoms with E-state index in [1.165, 1.54) is 73.8 Å². The lowest BCUT2D eigenvalue weighted by atomic mass is 10.2. The maximum atomic E-state index is 12.6. The number of hydrogen-bond acceptors (Lipinski definition) is 12. The van der Waals surface area contributed by atoms with E-state index in [1.54, 1.807) is 6.92 Å². The number of aryl methyl sites for hydroxylation is 1. The molecule has 0 atom stereocenters. The van der Waals surface area contributed by atoms with Crippen LogP contribution in [0.2, 0.25) is 0 Å². The standard InChI is InChI=1S/C31H28O12/c1-4-27(32)38-17-5-6-18-39-31(36)42-24-13-7-21(8-14-24)28(33)40-25-15-16-26(20(2)19-25)43-29(34)22-9-11-23(12-10-22)41-30(35)37-3/h4,7-16,19H,1,5-6,17-18H2,2-3H3. The molecule has 0 saturated carbocycles. The average Bonchev–Trinajstić information content (AvgIpc) is 3.00. The Hall–Kier alpha value is -5.65. The van der Waals surface area contributed by atoms with Gasteiger partial charge in [-0.25, -0.2) is 24.0 Å². The number of esters is 3. The van der Waals surface area contributed by atoms with Gasteiger partial charge in [-0.05, 0) is 92.1 Å². The molecule has 0 fully saturated rings. The van der Waals surface area contributed by atoms with E-state index < -0.39 is 30.2 Å². The predicted molar refractivity (Wildman–Crippen MR) is 149 cm³/mol. The van der Waals surface area contributed by atoms with Crippen molar-refractivity contribution in [2.45, 2.75) is 19.8 Å². The van der Waals surface area contributed by atoms with E-state index in [0.29, 0.717) is 18.4 Å². The SMILES string of the molecule is C=CC(=O)OCCCCOC(=O)Oc1ccc(C(=O)Oc2ccc(OC(=O)c3ccc(OC(=O)OC)cc3)c(C)c2)cc1. The summed E-state index contributed by atoms with van der Waals surface area (Å²) in [5.74, 6) is -0.993. The van der Waals surface area contributed by atoms with Gasteiger partial charge in [-0.15, -0.1) is 0 Å². The van der Waals surface area contributed by atoms with Crippen LogP contribution >= 0.6 is 0 Å². The van der Waals surface area contributed by atoms with Crippen molar-refractivity contribution >= 4 is 30.2 Å². The summed E-state index contributed by atoms with van der Waals surface area (Å²) in [5, 5.41) is 0. The highest BCUT2D eigenvalue weighted by Crippen LogP contribution is 2.26. The zero-order chi connectivity index (χ0) is 31.2. The van der Waals surface area contributed by atoms with Gasteiger partial charge >= 0.3 is 30.2 Å². The molecule has 0 heterocycles. The molecular weight excluding hydrogens is 564 g/mol. The van der Waals surface area contributed by atoms with E-state index in [9.17, 15) is 24.0 Å². The zero-order valence-corrected chi connectivity index (χ0v) is 23.4. The van der Waals surface area contributed by atoms with Crippen LogP contribution in [0, 0.1) is 6.92 Å². The summed E-state index contributed by atoms with van der Waals surface area (Å²) in [7, 11) is 1.18. The molecule has 0 aliphatic carbocycles. The molecule has 0 spiro atoms. The molecule has 0 saturated heterocycles. The summed E-state index contributed by atoms with van der Waals surface area (Å²) in [6, 6.07) is 15.9. The first-order chi connectivity index (χ1) is 20.7. The minimum atomic E-state index is -0.917. The molecular formula is C31H28O12. The van der Waals surface area contributed by atoms with Gasteiger partial charge in [0.05, 0.1) is 31.5 Å². The number of ether oxygens (including phenoxy) is 7. The summed E-state index contributed by atoms with van der Waals surface area (Å²) in [5.41, 5.74) is 0.948. The predicted octanol–water partition coefficient (Wildman–Crippen LogP) is 5.60. The molecule has 0 aromatic heterocycles. The summed E-state index contributed by atoms with van der Waals surface area (Å²) in [6.45, 7) is 5.23. The van der Waals surface area contributed by atoms with Gasteiger partial charge < -0.3 is 33.2 Å². The molecule has 0 amide bonds. The van der Waals surface area contributed by atoms with Crippen LogP contribution in [0.5, 0.6) is 23.0 Å². The van der Waals surface area contributed by atoms with Crippen LogP contribution in [0.4, 0.5) is 9.59 Å². The number of unbranched alkanes of at least 4 members (excludes halogenated alkanes) is 1. The number of methoxy groups -OCH3 is 1. The van der Waals surface area contributed by atoms with Crippen LogP contribution in [0.1, 0.15) is 39.1 Å². The van der Waals surface area contributed by atoms with Crippen LogP contribution in [0.3, 0.4) is 0 Å². The Morgan fingerprint density at radius 1 is 0.651 bits per heavy atom. The highest BCUT2D eigenvalue weighted by Gasteiger charge is 2.15. The van der Waals surface area contributed by atoms with E-state index in [0.717, 1.165) is 6.08 Å². The first-order valence-electron chi connectivity index (χ1n) is 12.8. The Bertz CT molecular complexity index is 1460. The minimum absolute atomic E-state index is 0.0767. The first-order valence-corrected chi connectivity index (χ1v) is 12.8. The lowest BCUT2D eigenvalue weighted by Gasteiger charge is -2.10. The van der Waals surface area contributed by atoms with E-state index in [1.807, 2.05) is 0 Å². The second-order valence-electron chi connectivity index (χ2n) is 8.59. The molecule has 12 heteroatoms. The average molecular weight is 593 g/mol. The van der Waals surface area contributed by atoms with Crippen molar-refractivity contribution in [3.8, 4) is 23.0 Å². The Kier molecular flexibility index (Phi) is 11.8. The van der Waals surface area contributed by atoms with Crippen LogP contribution in [-0.2, 0) is 19.0 Å². The molecule has 3 aromatic rings. The maximum absolute atomic E-state index is 12.6. The van der Waals surface area contributed by atoms with Crippen molar-refractivity contribution in [3.05, 3.63) is 96.1 Å². The molecule has 0 radical (unpaired) electrons. The van der Waals surface area contributed by atoms with Crippen molar-refractivity contribution in [1.82, 2.24) is 0 Å². The molecule has 224 valence electrons. The van der Waals surface area contributed by atoms with E-state index in [-0.39, 0.29) is 47.3 Å². The van der Waals surface area contributed by atoms with Gasteiger partial charge in [-0.3, -0.25) is 0 Å². The number of rotatable bonds is 12. The quantitative estimate of drug-likeness (QED) is 0.0643. The molecule has 0 aliphatic rings. The fraction of sp³-hybridized carbons (Fsp3) is 0.194. The van der Waals surface area contributed by atoms with Gasteiger partial charge in [0.1, 0.15) is 23.0 Å². The van der Waals surface area contributed by atoms with Crippen LogP contribution in [-0.4, -0.2) is 50.5 Å². The van der Waals surface area contributed by atoms with Crippen LogP contribution < -0.4 is 18.9 Å². The van der Waals surface area contributed by atoms with Gasteiger partial charge in [-0.2, -0.15) is 0 Å². The van der Waals surface area contributed by atoms with E-state index in [2.05, 4.69) is 11.3 Å². The summed E-state index contributed by atoms with van der Waals surface area (Å²) in [6.07, 6.45) is 0.236. The second-order valence-corrected chi connectivity index (χ2v) is 8.59. The van der Waals surface area contributed by atoms with Gasteiger partial charge in [0.2, 0.25) is 0 Å². The molecule has 12 nitrogen and oxygen atoms in total. The Balaban J connectivity index is 1.46. The van der Waals surface area contributed by atoms with Gasteiger partial charge in [0.25, 0.3) is 0 Å². The third-order valence-electron chi connectivity index (χ3n) is 5.48. The lowest BCUT2D eigenvalue weighted by Crippen LogP contribution is -2.13. The highest BCUT2D eigenvalue weighted by molar-refractivity contribution is 5.92. The molecule has 0 bridgehead atoms. The van der Waals surface area contributed by atoms with Crippen molar-refractivity contribution in [1.29, 1.82) is 0 Å². The Morgan fingerprint density at radius 3 is 1.70 bits per heavy atom. The third-order valence-corrected chi connectivity index (χ3v) is 5.48. The van der Waals surface area contributed by atoms with Crippen LogP contribution in [0.25, 0.3) is 0 Å². The number of benzene rings is 3. The molecule has 3 rings (SSSR count). The lowest BCUT2D eigenvalue weighted by molar-refractivity contribution is -0.137. The van der Waals surface area contributed by atoms with Crippen LogP contribution in [0.15, 0.2) is 79.4 Å². The fourth-order valence-corrected chi connectivity index (χ4v) is 3.30. The van der Waals surface area contributed by atoms with Gasteiger partial charge in [0, 0.05) is 6.08 Å². The largest absolute Gasteiger partial charge is 0.513 e. The maximum Gasteiger partial charge on any atom is 0.513 e. The normalized spacial score (nSPS) is 10.1. The molecule has 3 aromatic carbocycles. The topological polar surface area (TPSA) is 150 Å². The summed E-state index contributed by atoms with van der Waals surface area (Å²) < 4.78 is 35.0. The Labute approximate surface area is 246 Å². The van der Waals surface area contributed by atoms with Crippen molar-refractivity contribution < 1.29 is 57.1 Å². The molecule has 0 N–H and O–H groups in total. The van der Waals surface area contributed by atoms with Gasteiger partial charge in [0.15, 0.2) is 0 Å². The fourth-order valence-electron chi connectivity index (χ4n) is 3.30. The molecule has 43 heavy (non-hydrogen) atoms. The van der Waals surface area contributed by atoms with Gasteiger partial charge in [-0.1, -0.05) is 6.58 Å². The number of hydrogen-bond donors (Lipinski definition) is 0. The third kappa shape index (κ3) is 10.4. The Morgan fingerprint density at radius 2 is 1.16 bits per heavy atom. The molecule has 0 unspecified atom stereocenters. The second kappa shape index (κ2) is 16.0. The summed E-state index contributed by atoms with van der Waals surface area (Å²) in [4.78, 5) is 59.1. The number of carbonyl (C=O) groups excluding carboxylic acids is 5. The minimum Gasteiger partial charge on any atom is -0.463 e. The smallest absolute Gasteiger partial charge is 0.463 e. The number of carbonyl (C=O) groups is 5. The van der Waals surface area contributed by atoms with Crippen molar-refractivity contribution in [3.63, 3.8) is 0 Å². The molecule has 0 aliphatic heterocycles. The summed E-state index contributed by atoms with van der Waals surface area (Å²) >= 11 is 0. The van der Waals surface area contributed by atoms with E-state index in [4.69, 9.17) is 28.4 Å². The van der Waals surface area contributed by atoms with E-state index >= 15 is 0 Å². The van der Waals surface area contributed by atoms with Crippen molar-refractivity contribution in [2.24, 2.45) is 0 Å².